The number of benzene rings is 1. The normalized spacial score (nSPS) is 15.7. The maximum absolute atomic E-state index is 4.68. The fourth-order valence-electron chi connectivity index (χ4n) is 3.74. The maximum Gasteiger partial charge on any atom is 2.00 e. The van der Waals surface area contributed by atoms with Gasteiger partial charge in [0.2, 0.25) is 0 Å². The van der Waals surface area contributed by atoms with Gasteiger partial charge in [-0.25, -0.2) is 0 Å². The second kappa shape index (κ2) is 12.1. The monoisotopic (exact) mass is 445 g/mol. The van der Waals surface area contributed by atoms with E-state index < -0.39 is 0 Å². The Labute approximate surface area is 189 Å². The van der Waals surface area contributed by atoms with Crippen molar-refractivity contribution in [1.82, 2.24) is 30.8 Å². The van der Waals surface area contributed by atoms with Gasteiger partial charge in [-0.1, -0.05) is 24.3 Å². The van der Waals surface area contributed by atoms with Gasteiger partial charge >= 0.3 is 17.1 Å². The molecule has 0 saturated carbocycles. The van der Waals surface area contributed by atoms with Crippen LogP contribution in [0.1, 0.15) is 17.0 Å². The van der Waals surface area contributed by atoms with Gasteiger partial charge in [-0.15, -0.1) is 0 Å². The third-order valence-corrected chi connectivity index (χ3v) is 5.35. The minimum absolute atomic E-state index is 0. The third kappa shape index (κ3) is 6.57. The number of para-hydroxylation sites is 1. The molecule has 6 nitrogen and oxygen atoms in total. The van der Waals surface area contributed by atoms with E-state index in [4.69, 9.17) is 0 Å². The summed E-state index contributed by atoms with van der Waals surface area (Å²) in [5.74, 6) is 0. The quantitative estimate of drug-likeness (QED) is 0.412. The number of hydrogen-bond acceptors (Lipinski definition) is 6. The van der Waals surface area contributed by atoms with E-state index in [1.54, 1.807) is 0 Å². The first-order chi connectivity index (χ1) is 14.4. The van der Waals surface area contributed by atoms with Gasteiger partial charge in [0.05, 0.1) is 16.9 Å². The zero-order valence-electron chi connectivity index (χ0n) is 17.3. The zero-order valence-corrected chi connectivity index (χ0v) is 18.5. The molecule has 3 aromatic rings. The van der Waals surface area contributed by atoms with E-state index in [0.29, 0.717) is 0 Å². The first-order valence-electron chi connectivity index (χ1n) is 10.5. The summed E-state index contributed by atoms with van der Waals surface area (Å²) in [4.78, 5) is 11.6. The largest absolute Gasteiger partial charge is 2.00 e. The Hall–Kier alpha value is -1.86. The predicted molar refractivity (Wildman–Crippen MR) is 118 cm³/mol. The van der Waals surface area contributed by atoms with Gasteiger partial charge in [-0.05, 0) is 29.8 Å². The standard InChI is InChI=1S/C23H30N6.Mn/c1-2-7-23-22(6-1)19(8-9-27-23)16-24-10-13-29-14-11-25-17-20-4-3-5-21(28-20)18-26-12-15-29;/h1-9,24-26H,10-18H2;/q;+2. The van der Waals surface area contributed by atoms with E-state index in [9.17, 15) is 0 Å². The number of aromatic nitrogens is 2. The Morgan fingerprint density at radius 3 is 2.40 bits per heavy atom. The average Bonchev–Trinajstić information content (AvgIpc) is 2.76. The van der Waals surface area contributed by atoms with Crippen molar-refractivity contribution in [2.75, 3.05) is 39.3 Å². The molecule has 1 aliphatic rings. The molecule has 7 heteroatoms. The van der Waals surface area contributed by atoms with Crippen LogP contribution < -0.4 is 16.0 Å². The van der Waals surface area contributed by atoms with Crippen LogP contribution in [0.2, 0.25) is 0 Å². The van der Waals surface area contributed by atoms with Crippen LogP contribution in [0.3, 0.4) is 0 Å². The summed E-state index contributed by atoms with van der Waals surface area (Å²) < 4.78 is 0. The minimum Gasteiger partial charge on any atom is -0.311 e. The summed E-state index contributed by atoms with van der Waals surface area (Å²) in [6.07, 6.45) is 1.90. The molecule has 1 radical (unpaired) electrons. The van der Waals surface area contributed by atoms with Crippen molar-refractivity contribution in [1.29, 1.82) is 0 Å². The molecule has 0 unspecified atom stereocenters. The topological polar surface area (TPSA) is 65.1 Å². The van der Waals surface area contributed by atoms with Crippen LogP contribution in [0.15, 0.2) is 54.7 Å². The van der Waals surface area contributed by atoms with Crippen molar-refractivity contribution in [3.05, 3.63) is 71.7 Å². The van der Waals surface area contributed by atoms with Gasteiger partial charge in [-0.3, -0.25) is 14.9 Å². The first-order valence-corrected chi connectivity index (χ1v) is 10.5. The third-order valence-electron chi connectivity index (χ3n) is 5.35. The van der Waals surface area contributed by atoms with Crippen molar-refractivity contribution in [2.24, 2.45) is 0 Å². The molecule has 2 bridgehead atoms. The molecule has 0 fully saturated rings. The number of pyridine rings is 2. The average molecular weight is 445 g/mol. The molecule has 0 amide bonds. The van der Waals surface area contributed by atoms with Gasteiger partial charge in [0.15, 0.2) is 0 Å². The smallest absolute Gasteiger partial charge is 0.311 e. The minimum atomic E-state index is 0. The summed E-state index contributed by atoms with van der Waals surface area (Å²) in [7, 11) is 0. The number of fused-ring (bicyclic) bond motifs is 3. The van der Waals surface area contributed by atoms with E-state index >= 15 is 0 Å². The molecule has 30 heavy (non-hydrogen) atoms. The Morgan fingerprint density at radius 1 is 0.900 bits per heavy atom. The fourth-order valence-corrected chi connectivity index (χ4v) is 3.74. The van der Waals surface area contributed by atoms with Crippen LogP contribution >= 0.6 is 0 Å². The molecule has 4 rings (SSSR count). The van der Waals surface area contributed by atoms with Crippen LogP contribution in [0.25, 0.3) is 10.9 Å². The predicted octanol–water partition coefficient (Wildman–Crippen LogP) is 1.91. The summed E-state index contributed by atoms with van der Waals surface area (Å²) in [6.45, 7) is 8.56. The van der Waals surface area contributed by atoms with E-state index in [1.165, 1.54) is 10.9 Å². The van der Waals surface area contributed by atoms with Crippen molar-refractivity contribution < 1.29 is 17.1 Å². The molecule has 157 valence electrons. The summed E-state index contributed by atoms with van der Waals surface area (Å²) in [5, 5.41) is 11.9. The van der Waals surface area contributed by atoms with Crippen molar-refractivity contribution >= 4 is 10.9 Å². The molecule has 1 aliphatic heterocycles. The van der Waals surface area contributed by atoms with E-state index in [1.807, 2.05) is 12.3 Å². The van der Waals surface area contributed by atoms with Crippen molar-refractivity contribution in [3.8, 4) is 0 Å². The molecule has 0 aliphatic carbocycles. The Balaban J connectivity index is 0.00000256. The Kier molecular flexibility index (Phi) is 9.21. The molecule has 3 N–H and O–H groups in total. The van der Waals surface area contributed by atoms with Crippen LogP contribution in [-0.4, -0.2) is 54.1 Å². The van der Waals surface area contributed by atoms with Crippen LogP contribution in [0.4, 0.5) is 0 Å². The molecule has 0 spiro atoms. The molecular formula is C23H30MnN6+2. The Bertz CT molecular complexity index is 886. The number of hydrogen-bond donors (Lipinski definition) is 3. The molecule has 2 aromatic heterocycles. The number of rotatable bonds is 5. The van der Waals surface area contributed by atoms with Crippen LogP contribution in [0.5, 0.6) is 0 Å². The van der Waals surface area contributed by atoms with Gasteiger partial charge < -0.3 is 16.0 Å². The zero-order chi connectivity index (χ0) is 19.7. The molecule has 0 saturated heterocycles. The van der Waals surface area contributed by atoms with E-state index in [0.717, 1.165) is 75.8 Å². The summed E-state index contributed by atoms with van der Waals surface area (Å²) >= 11 is 0. The number of nitrogens with one attached hydrogen (secondary N) is 3. The fraction of sp³-hybridized carbons (Fsp3) is 0.391. The van der Waals surface area contributed by atoms with Crippen molar-refractivity contribution in [3.63, 3.8) is 0 Å². The molecule has 0 atom stereocenters. The van der Waals surface area contributed by atoms with E-state index in [-0.39, 0.29) is 17.1 Å². The SMILES string of the molecule is [Mn+2].c1cc2nc(c1)CNCCN(CCNCc1ccnc3ccccc13)CCNC2. The van der Waals surface area contributed by atoms with Crippen molar-refractivity contribution in [2.45, 2.75) is 19.6 Å². The van der Waals surface area contributed by atoms with Gasteiger partial charge in [-0.2, -0.15) is 0 Å². The van der Waals surface area contributed by atoms with Gasteiger partial charge in [0.25, 0.3) is 0 Å². The van der Waals surface area contributed by atoms with Crippen LogP contribution in [0, 0.1) is 0 Å². The molecule has 3 heterocycles. The van der Waals surface area contributed by atoms with E-state index in [2.05, 4.69) is 73.3 Å². The Morgan fingerprint density at radius 2 is 1.63 bits per heavy atom. The molecule has 1 aromatic carbocycles. The summed E-state index contributed by atoms with van der Waals surface area (Å²) in [6, 6.07) is 16.7. The van der Waals surface area contributed by atoms with Gasteiger partial charge in [0.1, 0.15) is 0 Å². The first kappa shape index (κ1) is 22.8. The summed E-state index contributed by atoms with van der Waals surface area (Å²) in [5.41, 5.74) is 4.60. The number of nitrogens with zero attached hydrogens (tertiary/aromatic N) is 3. The second-order valence-corrected chi connectivity index (χ2v) is 7.48. The second-order valence-electron chi connectivity index (χ2n) is 7.48. The van der Waals surface area contributed by atoms with Gasteiger partial charge in [0, 0.05) is 70.5 Å². The molecular weight excluding hydrogens is 415 g/mol. The van der Waals surface area contributed by atoms with Crippen LogP contribution in [-0.2, 0) is 36.7 Å². The maximum atomic E-state index is 4.68.